The van der Waals surface area contributed by atoms with Gasteiger partial charge in [0.2, 0.25) is 88.6 Å². The van der Waals surface area contributed by atoms with Crippen molar-refractivity contribution in [2.24, 2.45) is 17.6 Å². The molecular formula is C94H120N16O19S. The van der Waals surface area contributed by atoms with Crippen LogP contribution < -0.4 is 53.6 Å². The van der Waals surface area contributed by atoms with E-state index >= 15 is 38.4 Å². The highest BCUT2D eigenvalue weighted by molar-refractivity contribution is 8.00. The number of nitrogens with one attached hydrogen (secondary N) is 10. The molecule has 36 heteroatoms. The number of amides is 15. The van der Waals surface area contributed by atoms with Crippen LogP contribution in [0.25, 0.3) is 10.9 Å². The van der Waals surface area contributed by atoms with E-state index in [1.165, 1.54) is 93.6 Å². The van der Waals surface area contributed by atoms with Crippen molar-refractivity contribution >= 4 is 117 Å². The molecule has 35 nitrogen and oxygen atoms in total. The maximum atomic E-state index is 15.6. The molecule has 1 unspecified atom stereocenters. The highest BCUT2D eigenvalue weighted by Crippen LogP contribution is 2.25. The second-order valence-electron chi connectivity index (χ2n) is 33.4. The molecule has 696 valence electrons. The van der Waals surface area contributed by atoms with Crippen molar-refractivity contribution in [1.29, 1.82) is 0 Å². The Hall–Kier alpha value is -13.7. The minimum absolute atomic E-state index is 0.0434. The fraction of sp³-hybridized carbons (Fsp3) is 0.426. The lowest BCUT2D eigenvalue weighted by Crippen LogP contribution is -2.61. The van der Waals surface area contributed by atoms with Crippen LogP contribution in [-0.2, 0) is 115 Å². The zero-order valence-corrected chi connectivity index (χ0v) is 75.6. The Kier molecular flexibility index (Phi) is 38.8. The standard InChI is InChI=1S/C94H120N16O19S/c1-11-12-32-75-92(127)107(7)53-79(114)98-68(41-42-82(117)118)85(120)105-83(57(4)5)94(129)109(9)76(47-59-26-18-14-19-27-59)89(124)103-72(46-62-35-39-65(112)40-36-62)90(125)106(6)52-80(115)99-71(49-63-50-96-67-31-23-22-30-66(63)67)88(123)102-70(44-61-33-37-64(111)38-34-61)87(122)101-69(43-56(2)3)86(121)104-74(84(119)97-51-78(95)113)54-130-55-81(116)100-73(45-58-24-16-13-17-25-58)91(126)110(10)77(93(128)108(75)8)48-60-28-20-15-21-29-60/h13-31,33-40,50,56-57,68-77,83,96,111-112H,11-12,32,41-49,51-55H2,1-10H3,(H2,95,113)(H,97,119)(H,98,114)(H,99,115)(H,100,116)(H,101,122)(H,102,123)(H,103,124)(H,104,121)(H,105,120)(H,117,118)/t68-,69-,70-,71-,72-,73-,74-,75-,76?,77-,83-/m0/s1. The number of hydrogen-bond donors (Lipinski definition) is 14. The molecule has 1 aliphatic rings. The summed E-state index contributed by atoms with van der Waals surface area (Å²) in [4.78, 5) is 244. The van der Waals surface area contributed by atoms with Crippen molar-refractivity contribution < 1.29 is 92.0 Å². The van der Waals surface area contributed by atoms with E-state index in [0.717, 1.165) is 26.5 Å². The number of para-hydroxylation sites is 1. The van der Waals surface area contributed by atoms with Gasteiger partial charge in [-0.15, -0.1) is 11.8 Å². The van der Waals surface area contributed by atoms with Crippen molar-refractivity contribution in [2.75, 3.05) is 66.4 Å². The molecule has 1 saturated heterocycles. The van der Waals surface area contributed by atoms with Crippen LogP contribution in [-0.4, -0.2) is 272 Å². The third kappa shape index (κ3) is 30.8. The predicted octanol–water partition coefficient (Wildman–Crippen LogP) is 2.72. The number of carboxylic acid groups (broad SMARTS) is 1. The summed E-state index contributed by atoms with van der Waals surface area (Å²) in [5, 5.41) is 55.6. The number of nitrogens with two attached hydrogens (primary N) is 1. The number of aromatic amines is 1. The van der Waals surface area contributed by atoms with E-state index in [1.807, 2.05) is 6.92 Å². The molecule has 0 radical (unpaired) electrons. The minimum Gasteiger partial charge on any atom is -0.508 e. The molecule has 6 aromatic carbocycles. The number of thioether (sulfide) groups is 1. The first-order chi connectivity index (χ1) is 61.9. The lowest BCUT2D eigenvalue weighted by atomic mass is 9.98. The van der Waals surface area contributed by atoms with Gasteiger partial charge in [0, 0.05) is 103 Å². The number of carbonyl (C=O) groups is 16. The van der Waals surface area contributed by atoms with Gasteiger partial charge in [0.25, 0.3) is 0 Å². The van der Waals surface area contributed by atoms with Crippen molar-refractivity contribution in [2.45, 2.75) is 178 Å². The highest BCUT2D eigenvalue weighted by Gasteiger charge is 2.42. The number of phenols is 2. The molecule has 11 atom stereocenters. The van der Waals surface area contributed by atoms with Gasteiger partial charge in [-0.2, -0.15) is 0 Å². The van der Waals surface area contributed by atoms with Crippen LogP contribution in [0, 0.1) is 11.8 Å². The molecule has 0 bridgehead atoms. The van der Waals surface area contributed by atoms with Crippen LogP contribution in [0.5, 0.6) is 11.5 Å². The zero-order chi connectivity index (χ0) is 95.0. The molecule has 15 N–H and O–H groups in total. The lowest BCUT2D eigenvalue weighted by molar-refractivity contribution is -0.151. The summed E-state index contributed by atoms with van der Waals surface area (Å²) in [6.07, 6.45) is -0.00654. The number of rotatable bonds is 24. The fourth-order valence-electron chi connectivity index (χ4n) is 15.1. The summed E-state index contributed by atoms with van der Waals surface area (Å²) < 4.78 is 0. The number of likely N-dealkylation sites (N-methyl/N-ethyl adjacent to an activating group) is 5. The SMILES string of the molecule is CCCC[C@H]1C(=O)N(C)CC(=O)N[C@@H](CCC(=O)O)C(=O)N[C@@H](C(C)C)C(=O)N(C)C(Cc2ccccc2)C(=O)N[C@@H](Cc2ccc(O)cc2)C(=O)N(C)CC(=O)N[C@@H](Cc2c[nH]c3ccccc23)C(=O)N[C@@H](Cc2ccc(O)cc2)C(=O)N[C@@H](CC(C)C)C(=O)N[C@H](C(=O)NCC(N)=O)CSCC(=O)N[C@@H](Cc2ccccc2)C(=O)N(C)[C@@H](Cc2ccccc2)C(=O)N1C. The van der Waals surface area contributed by atoms with Gasteiger partial charge in [0.1, 0.15) is 78.0 Å². The number of hydrogen-bond acceptors (Lipinski definition) is 19. The maximum Gasteiger partial charge on any atom is 0.303 e. The van der Waals surface area contributed by atoms with E-state index in [9.17, 15) is 53.7 Å². The number of aromatic nitrogens is 1. The molecule has 0 saturated carbocycles. The third-order valence-electron chi connectivity index (χ3n) is 22.3. The van der Waals surface area contributed by atoms with Crippen LogP contribution in [0.15, 0.2) is 170 Å². The number of H-pyrrole nitrogens is 1. The van der Waals surface area contributed by atoms with Crippen LogP contribution in [0.4, 0.5) is 0 Å². The van der Waals surface area contributed by atoms with E-state index in [1.54, 1.807) is 149 Å². The minimum atomic E-state index is -1.68. The summed E-state index contributed by atoms with van der Waals surface area (Å²) in [7, 11) is 6.61. The number of aromatic hydroxyl groups is 2. The highest BCUT2D eigenvalue weighted by atomic mass is 32.2. The number of aliphatic carboxylic acids is 1. The Morgan fingerprint density at radius 1 is 0.454 bits per heavy atom. The maximum absolute atomic E-state index is 15.6. The molecule has 1 fully saturated rings. The second kappa shape index (κ2) is 49.6. The molecule has 1 aromatic heterocycles. The van der Waals surface area contributed by atoms with Gasteiger partial charge in [-0.25, -0.2) is 0 Å². The van der Waals surface area contributed by atoms with Crippen molar-refractivity contribution in [3.63, 3.8) is 0 Å². The van der Waals surface area contributed by atoms with Crippen LogP contribution in [0.1, 0.15) is 107 Å². The smallest absolute Gasteiger partial charge is 0.303 e. The van der Waals surface area contributed by atoms with Gasteiger partial charge in [-0.05, 0) is 94.8 Å². The molecule has 0 aliphatic carbocycles. The number of carboxylic acids is 1. The molecule has 7 aromatic rings. The summed E-state index contributed by atoms with van der Waals surface area (Å²) in [5.41, 5.74) is 9.15. The average molecular weight is 1810 g/mol. The molecule has 15 amide bonds. The number of benzene rings is 6. The molecule has 1 aliphatic heterocycles. The number of unbranched alkanes of at least 4 members (excludes halogenated alkanes) is 1. The third-order valence-corrected chi connectivity index (χ3v) is 23.4. The van der Waals surface area contributed by atoms with Crippen LogP contribution in [0.3, 0.4) is 0 Å². The van der Waals surface area contributed by atoms with E-state index in [2.05, 4.69) is 52.8 Å². The zero-order valence-electron chi connectivity index (χ0n) is 74.8. The van der Waals surface area contributed by atoms with Gasteiger partial charge in [-0.3, -0.25) is 76.7 Å². The lowest BCUT2D eigenvalue weighted by Gasteiger charge is -2.37. The van der Waals surface area contributed by atoms with Crippen molar-refractivity contribution in [1.82, 2.24) is 77.3 Å². The van der Waals surface area contributed by atoms with E-state index < -0.39 is 205 Å². The average Bonchev–Trinajstić information content (AvgIpc) is 1.63. The fourth-order valence-corrected chi connectivity index (χ4v) is 16.0. The molecule has 2 heterocycles. The first-order valence-corrected chi connectivity index (χ1v) is 44.3. The predicted molar refractivity (Wildman–Crippen MR) is 487 cm³/mol. The number of carbonyl (C=O) groups excluding carboxylic acids is 15. The van der Waals surface area contributed by atoms with Gasteiger partial charge in [0.05, 0.1) is 25.4 Å². The van der Waals surface area contributed by atoms with Crippen LogP contribution >= 0.6 is 11.8 Å². The van der Waals surface area contributed by atoms with E-state index in [4.69, 9.17) is 5.73 Å². The van der Waals surface area contributed by atoms with Gasteiger partial charge < -0.3 is 98.4 Å². The number of phenolic OH excluding ortho intramolecular Hbond substituents is 2. The Bertz CT molecular complexity index is 5090. The first kappa shape index (κ1) is 102. The Labute approximate surface area is 759 Å². The first-order valence-electron chi connectivity index (χ1n) is 43.2. The van der Waals surface area contributed by atoms with Gasteiger partial charge in [0.15, 0.2) is 0 Å². The second-order valence-corrected chi connectivity index (χ2v) is 34.4. The summed E-state index contributed by atoms with van der Waals surface area (Å²) in [6.45, 7) is 6.29. The molecule has 8 rings (SSSR count). The molecule has 0 spiro atoms. The Morgan fingerprint density at radius 3 is 1.44 bits per heavy atom. The number of fused-ring (bicyclic) bond motifs is 1. The van der Waals surface area contributed by atoms with E-state index in [-0.39, 0.29) is 74.5 Å². The van der Waals surface area contributed by atoms with Gasteiger partial charge in [-0.1, -0.05) is 181 Å². The number of primary amides is 1. The van der Waals surface area contributed by atoms with Gasteiger partial charge >= 0.3 is 5.97 Å². The van der Waals surface area contributed by atoms with Crippen molar-refractivity contribution in [3.8, 4) is 11.5 Å². The quantitative estimate of drug-likeness (QED) is 0.0413. The Balaban J connectivity index is 1.21. The topological polar surface area (TPSA) is 500 Å². The van der Waals surface area contributed by atoms with E-state index in [0.29, 0.717) is 57.1 Å². The molecule has 130 heavy (non-hydrogen) atoms. The van der Waals surface area contributed by atoms with Crippen LogP contribution in [0.2, 0.25) is 0 Å². The number of nitrogens with zero attached hydrogens (tertiary/aromatic N) is 5. The summed E-state index contributed by atoms with van der Waals surface area (Å²) in [6, 6.07) is 27.7. The summed E-state index contributed by atoms with van der Waals surface area (Å²) >= 11 is 0.832. The summed E-state index contributed by atoms with van der Waals surface area (Å²) in [5.74, 6) is -16.9. The Morgan fingerprint density at radius 2 is 0.900 bits per heavy atom. The monoisotopic (exact) mass is 1810 g/mol. The molecular weight excluding hydrogens is 1690 g/mol. The largest absolute Gasteiger partial charge is 0.508 e. The van der Waals surface area contributed by atoms with Crippen molar-refractivity contribution in [3.05, 3.63) is 203 Å². The normalized spacial score (nSPS) is 21.8.